The van der Waals surface area contributed by atoms with Gasteiger partial charge in [0.2, 0.25) is 0 Å². The Morgan fingerprint density at radius 1 is 0.853 bits per heavy atom. The minimum absolute atomic E-state index is 0.210. The van der Waals surface area contributed by atoms with Gasteiger partial charge in [-0.25, -0.2) is 0 Å². The Bertz CT molecular complexity index is 752. The first-order chi connectivity index (χ1) is 15.5. The van der Waals surface area contributed by atoms with Crippen molar-refractivity contribution < 1.29 is 20.1 Å². The molecule has 3 N–H and O–H groups in total. The van der Waals surface area contributed by atoms with Crippen LogP contribution in [0.4, 0.5) is 0 Å². The molecular formula is C30H54O4. The zero-order valence-corrected chi connectivity index (χ0v) is 23.4. The summed E-state index contributed by atoms with van der Waals surface area (Å²) in [5.74, 6) is 2.30. The highest BCUT2D eigenvalue weighted by Crippen LogP contribution is 2.75. The molecule has 1 aliphatic heterocycles. The summed E-state index contributed by atoms with van der Waals surface area (Å²) in [6, 6.07) is 0. The minimum atomic E-state index is -1.03. The first kappa shape index (κ1) is 26.9. The fourth-order valence-corrected chi connectivity index (χ4v) is 10.2. The highest BCUT2D eigenvalue weighted by molar-refractivity contribution is 5.20. The van der Waals surface area contributed by atoms with Crippen molar-refractivity contribution in [2.75, 3.05) is 6.61 Å². The fourth-order valence-electron chi connectivity index (χ4n) is 10.2. The van der Waals surface area contributed by atoms with Crippen LogP contribution in [0.5, 0.6) is 0 Å². The summed E-state index contributed by atoms with van der Waals surface area (Å²) < 4.78 is 6.56. The largest absolute Gasteiger partial charge is 0.390 e. The summed E-state index contributed by atoms with van der Waals surface area (Å²) in [6.07, 6.45) is 10.4. The number of hydrogen-bond acceptors (Lipinski definition) is 4. The maximum Gasteiger partial charge on any atom is 0.0995 e. The molecule has 0 aromatic heterocycles. The minimum Gasteiger partial charge on any atom is -0.390 e. The Morgan fingerprint density at radius 3 is 2.15 bits per heavy atom. The third-order valence-electron chi connectivity index (χ3n) is 12.4. The summed E-state index contributed by atoms with van der Waals surface area (Å²) in [4.78, 5) is 0. The quantitative estimate of drug-likeness (QED) is 0.431. The van der Waals surface area contributed by atoms with Gasteiger partial charge in [0.25, 0.3) is 0 Å². The lowest BCUT2D eigenvalue weighted by atomic mass is 9.37. The van der Waals surface area contributed by atoms with Crippen molar-refractivity contribution in [3.63, 3.8) is 0 Å². The lowest BCUT2D eigenvalue weighted by Crippen LogP contribution is -2.69. The summed E-state index contributed by atoms with van der Waals surface area (Å²) in [5, 5.41) is 32.0. The SMILES string of the molecule is CC(CC[C@@H](O)C(C)(C)O)[C@@H]1CC[C@]2(C)[C@H]3CC[C@@]4(C(C)(C)O)OCCC[C@H]4[C@]3(C)CC[C@@]12C. The van der Waals surface area contributed by atoms with Gasteiger partial charge in [-0.05, 0) is 132 Å². The van der Waals surface area contributed by atoms with Crippen LogP contribution in [0, 0.1) is 39.9 Å². The highest BCUT2D eigenvalue weighted by Gasteiger charge is 2.71. The molecule has 4 heteroatoms. The average Bonchev–Trinajstić information content (AvgIpc) is 3.01. The van der Waals surface area contributed by atoms with Gasteiger partial charge < -0.3 is 20.1 Å². The summed E-state index contributed by atoms with van der Waals surface area (Å²) in [5.41, 5.74) is -1.43. The molecule has 34 heavy (non-hydrogen) atoms. The van der Waals surface area contributed by atoms with E-state index in [-0.39, 0.29) is 5.41 Å². The molecule has 4 fully saturated rings. The first-order valence-electron chi connectivity index (χ1n) is 14.3. The number of fused-ring (bicyclic) bond motifs is 5. The molecular weight excluding hydrogens is 424 g/mol. The second-order valence-electron chi connectivity index (χ2n) is 14.8. The Balaban J connectivity index is 1.59. The van der Waals surface area contributed by atoms with Gasteiger partial charge in [0.15, 0.2) is 0 Å². The predicted molar refractivity (Wildman–Crippen MR) is 137 cm³/mol. The van der Waals surface area contributed by atoms with Crippen molar-refractivity contribution >= 4 is 0 Å². The zero-order valence-electron chi connectivity index (χ0n) is 23.4. The second kappa shape index (κ2) is 8.43. The van der Waals surface area contributed by atoms with Gasteiger partial charge in [0, 0.05) is 6.61 Å². The smallest absolute Gasteiger partial charge is 0.0995 e. The lowest BCUT2D eigenvalue weighted by molar-refractivity contribution is -0.291. The van der Waals surface area contributed by atoms with Crippen LogP contribution in [-0.4, -0.2) is 44.8 Å². The maximum absolute atomic E-state index is 11.3. The van der Waals surface area contributed by atoms with Gasteiger partial charge in [0.05, 0.1) is 22.9 Å². The topological polar surface area (TPSA) is 69.9 Å². The Morgan fingerprint density at radius 2 is 1.53 bits per heavy atom. The van der Waals surface area contributed by atoms with Crippen LogP contribution in [-0.2, 0) is 4.74 Å². The van der Waals surface area contributed by atoms with Crippen molar-refractivity contribution in [1.82, 2.24) is 0 Å². The molecule has 4 rings (SSSR count). The van der Waals surface area contributed by atoms with Crippen molar-refractivity contribution in [3.05, 3.63) is 0 Å². The third-order valence-corrected chi connectivity index (χ3v) is 12.4. The summed E-state index contributed by atoms with van der Waals surface area (Å²) >= 11 is 0. The molecule has 4 nitrogen and oxygen atoms in total. The van der Waals surface area contributed by atoms with Gasteiger partial charge in [-0.15, -0.1) is 0 Å². The Hall–Kier alpha value is -0.160. The van der Waals surface area contributed by atoms with Crippen LogP contribution in [0.25, 0.3) is 0 Å². The van der Waals surface area contributed by atoms with Crippen LogP contribution in [0.15, 0.2) is 0 Å². The Kier molecular flexibility index (Phi) is 6.67. The monoisotopic (exact) mass is 478 g/mol. The number of aliphatic hydroxyl groups is 3. The van der Waals surface area contributed by atoms with Crippen LogP contribution >= 0.6 is 0 Å². The number of aliphatic hydroxyl groups excluding tert-OH is 1. The molecule has 0 radical (unpaired) electrons. The predicted octanol–water partition coefficient (Wildman–Crippen LogP) is 6.10. The second-order valence-corrected chi connectivity index (χ2v) is 14.8. The molecule has 3 saturated carbocycles. The van der Waals surface area contributed by atoms with E-state index < -0.39 is 22.9 Å². The van der Waals surface area contributed by atoms with Gasteiger partial charge in [-0.1, -0.05) is 27.7 Å². The number of rotatable bonds is 6. The third kappa shape index (κ3) is 3.75. The van der Waals surface area contributed by atoms with Crippen molar-refractivity contribution in [2.45, 2.75) is 143 Å². The van der Waals surface area contributed by atoms with E-state index in [1.54, 1.807) is 13.8 Å². The molecule has 1 unspecified atom stereocenters. The van der Waals surface area contributed by atoms with E-state index in [2.05, 4.69) is 27.7 Å². The molecule has 198 valence electrons. The van der Waals surface area contributed by atoms with E-state index in [0.29, 0.717) is 40.9 Å². The van der Waals surface area contributed by atoms with E-state index in [1.165, 1.54) is 32.1 Å². The van der Waals surface area contributed by atoms with E-state index in [0.717, 1.165) is 32.3 Å². The van der Waals surface area contributed by atoms with E-state index >= 15 is 0 Å². The van der Waals surface area contributed by atoms with Gasteiger partial charge in [-0.3, -0.25) is 0 Å². The molecule has 0 amide bonds. The molecule has 3 aliphatic carbocycles. The number of ether oxygens (including phenoxy) is 1. The fraction of sp³-hybridized carbons (Fsp3) is 1.00. The molecule has 0 aromatic rings. The number of hydrogen-bond donors (Lipinski definition) is 3. The van der Waals surface area contributed by atoms with E-state index in [1.807, 2.05) is 13.8 Å². The van der Waals surface area contributed by atoms with E-state index in [9.17, 15) is 15.3 Å². The van der Waals surface area contributed by atoms with Gasteiger partial charge in [0.1, 0.15) is 0 Å². The molecule has 0 aromatic carbocycles. The molecule has 1 saturated heterocycles. The van der Waals surface area contributed by atoms with Crippen LogP contribution < -0.4 is 0 Å². The van der Waals surface area contributed by atoms with Crippen molar-refractivity contribution in [3.8, 4) is 0 Å². The van der Waals surface area contributed by atoms with Crippen LogP contribution in [0.2, 0.25) is 0 Å². The van der Waals surface area contributed by atoms with Crippen LogP contribution in [0.3, 0.4) is 0 Å². The Labute approximate surface area is 209 Å². The molecule has 0 spiro atoms. The summed E-state index contributed by atoms with van der Waals surface area (Å²) in [7, 11) is 0. The first-order valence-corrected chi connectivity index (χ1v) is 14.3. The standard InChI is InChI=1S/C30H54O4/c1-20(11-12-24(31)25(2,3)32)21-13-15-29(8)22-14-16-30(26(4,5)33)23(10-9-19-34-30)27(22,6)17-18-28(21,29)7/h20-24,31-33H,9-19H2,1-8H3/t20?,21-,22-,23-,24+,27+,28-,29+,30+/m0/s1. The molecule has 1 heterocycles. The van der Waals surface area contributed by atoms with E-state index in [4.69, 9.17) is 4.74 Å². The van der Waals surface area contributed by atoms with Crippen LogP contribution in [0.1, 0.15) is 120 Å². The lowest BCUT2D eigenvalue weighted by Gasteiger charge is -2.69. The molecule has 9 atom stereocenters. The molecule has 0 bridgehead atoms. The van der Waals surface area contributed by atoms with Crippen molar-refractivity contribution in [1.29, 1.82) is 0 Å². The molecule has 4 aliphatic rings. The summed E-state index contributed by atoms with van der Waals surface area (Å²) in [6.45, 7) is 18.3. The zero-order chi connectivity index (χ0) is 25.4. The van der Waals surface area contributed by atoms with Gasteiger partial charge >= 0.3 is 0 Å². The van der Waals surface area contributed by atoms with Gasteiger partial charge in [-0.2, -0.15) is 0 Å². The normalized spacial score (nSPS) is 46.9. The van der Waals surface area contributed by atoms with Crippen molar-refractivity contribution in [2.24, 2.45) is 39.9 Å². The average molecular weight is 479 g/mol. The maximum atomic E-state index is 11.3. The highest BCUT2D eigenvalue weighted by atomic mass is 16.5.